The SMILES string of the molecule is COc1ccc(OC(C)C(=O)N2CCN(S(=O)(=O)c3cc(C(N)=O)n(C)c3)CC2)cc1. The summed E-state index contributed by atoms with van der Waals surface area (Å²) < 4.78 is 39.3. The van der Waals surface area contributed by atoms with Gasteiger partial charge in [0, 0.05) is 39.4 Å². The van der Waals surface area contributed by atoms with Crippen LogP contribution in [-0.4, -0.2) is 73.4 Å². The molecule has 1 saturated heterocycles. The summed E-state index contributed by atoms with van der Waals surface area (Å²) >= 11 is 0. The molecule has 31 heavy (non-hydrogen) atoms. The minimum Gasteiger partial charge on any atom is -0.497 e. The number of carbonyl (C=O) groups excluding carboxylic acids is 2. The molecule has 1 aromatic carbocycles. The van der Waals surface area contributed by atoms with Crippen LogP contribution < -0.4 is 15.2 Å². The van der Waals surface area contributed by atoms with Crippen molar-refractivity contribution in [2.45, 2.75) is 17.9 Å². The maximum absolute atomic E-state index is 12.9. The standard InChI is InChI=1S/C20H26N4O6S/c1-14(30-16-6-4-15(29-3)5-7-16)20(26)23-8-10-24(11-9-23)31(27,28)17-12-18(19(21)25)22(2)13-17/h4-7,12-14H,8-11H2,1-3H3,(H2,21,25). The Morgan fingerprint density at radius 1 is 1.06 bits per heavy atom. The normalized spacial score (nSPS) is 16.0. The number of sulfonamides is 1. The zero-order chi connectivity index (χ0) is 22.8. The number of nitrogens with zero attached hydrogens (tertiary/aromatic N) is 3. The molecule has 1 fully saturated rings. The average Bonchev–Trinajstić information content (AvgIpc) is 3.16. The molecule has 0 bridgehead atoms. The lowest BCUT2D eigenvalue weighted by atomic mass is 10.2. The van der Waals surface area contributed by atoms with Crippen LogP contribution in [0.15, 0.2) is 41.4 Å². The highest BCUT2D eigenvalue weighted by molar-refractivity contribution is 7.89. The van der Waals surface area contributed by atoms with E-state index in [1.54, 1.807) is 50.2 Å². The largest absolute Gasteiger partial charge is 0.497 e. The van der Waals surface area contributed by atoms with Crippen LogP contribution in [0.3, 0.4) is 0 Å². The first-order chi connectivity index (χ1) is 14.6. The van der Waals surface area contributed by atoms with Gasteiger partial charge in [-0.15, -0.1) is 0 Å². The first-order valence-corrected chi connectivity index (χ1v) is 11.1. The van der Waals surface area contributed by atoms with Crippen molar-refractivity contribution < 1.29 is 27.5 Å². The Hall–Kier alpha value is -3.05. The lowest BCUT2D eigenvalue weighted by Crippen LogP contribution is -2.53. The van der Waals surface area contributed by atoms with E-state index in [-0.39, 0.29) is 42.7 Å². The number of benzene rings is 1. The topological polar surface area (TPSA) is 124 Å². The molecule has 1 aliphatic rings. The summed E-state index contributed by atoms with van der Waals surface area (Å²) in [5, 5.41) is 0. The van der Waals surface area contributed by atoms with Crippen LogP contribution >= 0.6 is 0 Å². The molecule has 2 aromatic rings. The van der Waals surface area contributed by atoms with E-state index in [0.717, 1.165) is 0 Å². The van der Waals surface area contributed by atoms with Crippen molar-refractivity contribution >= 4 is 21.8 Å². The molecule has 3 rings (SSSR count). The molecule has 2 N–H and O–H groups in total. The van der Waals surface area contributed by atoms with E-state index >= 15 is 0 Å². The number of piperazine rings is 1. The van der Waals surface area contributed by atoms with Gasteiger partial charge in [-0.25, -0.2) is 8.42 Å². The molecule has 1 aromatic heterocycles. The van der Waals surface area contributed by atoms with E-state index in [4.69, 9.17) is 15.2 Å². The smallest absolute Gasteiger partial charge is 0.265 e. The van der Waals surface area contributed by atoms with Gasteiger partial charge < -0.3 is 24.7 Å². The summed E-state index contributed by atoms with van der Waals surface area (Å²) in [5.41, 5.74) is 5.38. The summed E-state index contributed by atoms with van der Waals surface area (Å²) in [7, 11) is -0.677. The predicted molar refractivity (Wildman–Crippen MR) is 112 cm³/mol. The second kappa shape index (κ2) is 8.98. The fraction of sp³-hybridized carbons (Fsp3) is 0.400. The number of carbonyl (C=O) groups is 2. The van der Waals surface area contributed by atoms with Crippen LogP contribution in [0.5, 0.6) is 11.5 Å². The molecule has 0 spiro atoms. The number of aryl methyl sites for hydroxylation is 1. The predicted octanol–water partition coefficient (Wildman–Crippen LogP) is 0.433. The number of rotatable bonds is 7. The summed E-state index contributed by atoms with van der Waals surface area (Å²) in [5.74, 6) is 0.302. The van der Waals surface area contributed by atoms with Crippen molar-refractivity contribution in [1.29, 1.82) is 0 Å². The van der Waals surface area contributed by atoms with Gasteiger partial charge in [0.15, 0.2) is 6.10 Å². The van der Waals surface area contributed by atoms with Crippen molar-refractivity contribution in [3.8, 4) is 11.5 Å². The number of primary amides is 1. The number of methoxy groups -OCH3 is 1. The molecule has 1 aliphatic heterocycles. The van der Waals surface area contributed by atoms with E-state index in [1.807, 2.05) is 0 Å². The molecule has 1 unspecified atom stereocenters. The highest BCUT2D eigenvalue weighted by Crippen LogP contribution is 2.21. The molecule has 1 atom stereocenters. The van der Waals surface area contributed by atoms with Gasteiger partial charge in [0.25, 0.3) is 11.8 Å². The first-order valence-electron chi connectivity index (χ1n) is 9.69. The Balaban J connectivity index is 1.60. The second-order valence-corrected chi connectivity index (χ2v) is 9.14. The van der Waals surface area contributed by atoms with Crippen molar-refractivity contribution in [3.05, 3.63) is 42.2 Å². The van der Waals surface area contributed by atoms with Crippen molar-refractivity contribution in [3.63, 3.8) is 0 Å². The third kappa shape index (κ3) is 4.83. The van der Waals surface area contributed by atoms with Gasteiger partial charge in [-0.2, -0.15) is 4.31 Å². The summed E-state index contributed by atoms with van der Waals surface area (Å²) in [6, 6.07) is 8.17. The zero-order valence-corrected chi connectivity index (χ0v) is 18.5. The highest BCUT2D eigenvalue weighted by atomic mass is 32.2. The van der Waals surface area contributed by atoms with Crippen LogP contribution in [-0.2, 0) is 21.9 Å². The molecule has 0 aliphatic carbocycles. The van der Waals surface area contributed by atoms with Gasteiger partial charge in [-0.3, -0.25) is 9.59 Å². The second-order valence-electron chi connectivity index (χ2n) is 7.20. The fourth-order valence-electron chi connectivity index (χ4n) is 3.38. The molecule has 168 valence electrons. The number of nitrogens with two attached hydrogens (primary N) is 1. The number of hydrogen-bond acceptors (Lipinski definition) is 6. The van der Waals surface area contributed by atoms with Crippen molar-refractivity contribution in [1.82, 2.24) is 13.8 Å². The van der Waals surface area contributed by atoms with Crippen LogP contribution in [0.25, 0.3) is 0 Å². The number of aromatic nitrogens is 1. The molecule has 11 heteroatoms. The van der Waals surface area contributed by atoms with Crippen LogP contribution in [0, 0.1) is 0 Å². The lowest BCUT2D eigenvalue weighted by Gasteiger charge is -2.35. The molecular weight excluding hydrogens is 424 g/mol. The maximum atomic E-state index is 12.9. The van der Waals surface area contributed by atoms with E-state index in [0.29, 0.717) is 11.5 Å². The fourth-order valence-corrected chi connectivity index (χ4v) is 4.88. The van der Waals surface area contributed by atoms with Gasteiger partial charge in [-0.05, 0) is 37.3 Å². The summed E-state index contributed by atoms with van der Waals surface area (Å²) in [6.45, 7) is 2.42. The van der Waals surface area contributed by atoms with Crippen molar-refractivity contribution in [2.24, 2.45) is 12.8 Å². The summed E-state index contributed by atoms with van der Waals surface area (Å²) in [4.78, 5) is 25.7. The van der Waals surface area contributed by atoms with Crippen LogP contribution in [0.4, 0.5) is 0 Å². The highest BCUT2D eigenvalue weighted by Gasteiger charge is 2.33. The molecule has 2 amide bonds. The Labute approximate surface area is 181 Å². The molecular formula is C20H26N4O6S. The Kier molecular flexibility index (Phi) is 6.56. The van der Waals surface area contributed by atoms with Gasteiger partial charge in [-0.1, -0.05) is 0 Å². The lowest BCUT2D eigenvalue weighted by molar-refractivity contribution is -0.139. The van der Waals surface area contributed by atoms with E-state index in [2.05, 4.69) is 0 Å². The third-order valence-corrected chi connectivity index (χ3v) is 7.00. The minimum atomic E-state index is -3.80. The monoisotopic (exact) mass is 450 g/mol. The third-order valence-electron chi connectivity index (χ3n) is 5.14. The molecule has 2 heterocycles. The van der Waals surface area contributed by atoms with Crippen LogP contribution in [0.2, 0.25) is 0 Å². The van der Waals surface area contributed by atoms with Gasteiger partial charge >= 0.3 is 0 Å². The van der Waals surface area contributed by atoms with E-state index in [1.165, 1.54) is 21.1 Å². The number of ether oxygens (including phenoxy) is 2. The van der Waals surface area contributed by atoms with E-state index < -0.39 is 22.0 Å². The van der Waals surface area contributed by atoms with Gasteiger partial charge in [0.2, 0.25) is 10.0 Å². The zero-order valence-electron chi connectivity index (χ0n) is 17.6. The summed E-state index contributed by atoms with van der Waals surface area (Å²) in [6.07, 6.45) is 0.640. The van der Waals surface area contributed by atoms with Gasteiger partial charge in [0.05, 0.1) is 7.11 Å². The minimum absolute atomic E-state index is 0.000200. The Bertz CT molecular complexity index is 1060. The molecule has 0 radical (unpaired) electrons. The average molecular weight is 451 g/mol. The van der Waals surface area contributed by atoms with Crippen LogP contribution in [0.1, 0.15) is 17.4 Å². The van der Waals surface area contributed by atoms with Gasteiger partial charge in [0.1, 0.15) is 22.1 Å². The quantitative estimate of drug-likeness (QED) is 0.653. The number of hydrogen-bond donors (Lipinski definition) is 1. The Morgan fingerprint density at radius 3 is 2.16 bits per heavy atom. The molecule has 0 saturated carbocycles. The maximum Gasteiger partial charge on any atom is 0.265 e. The Morgan fingerprint density at radius 2 is 1.65 bits per heavy atom. The first kappa shape index (κ1) is 22.6. The van der Waals surface area contributed by atoms with E-state index in [9.17, 15) is 18.0 Å². The number of amides is 2. The molecule has 10 nitrogen and oxygen atoms in total. The van der Waals surface area contributed by atoms with Crippen molar-refractivity contribution in [2.75, 3.05) is 33.3 Å².